The summed E-state index contributed by atoms with van der Waals surface area (Å²) in [5.41, 5.74) is 2.02. The van der Waals surface area contributed by atoms with E-state index in [2.05, 4.69) is 0 Å². The van der Waals surface area contributed by atoms with Crippen molar-refractivity contribution in [1.82, 2.24) is 4.90 Å². The lowest BCUT2D eigenvalue weighted by molar-refractivity contribution is -0.133. The van der Waals surface area contributed by atoms with E-state index in [0.29, 0.717) is 24.5 Å². The number of aryl methyl sites for hydroxylation is 2. The van der Waals surface area contributed by atoms with Gasteiger partial charge in [0.05, 0.1) is 20.8 Å². The molecule has 1 aromatic heterocycles. The number of para-hydroxylation sites is 1. The molecular weight excluding hydrogens is 338 g/mol. The maximum atomic E-state index is 12.6. The molecule has 1 aliphatic heterocycles. The molecule has 0 aliphatic carbocycles. The number of rotatable bonds is 5. The summed E-state index contributed by atoms with van der Waals surface area (Å²) < 4.78 is 16.8. The number of furan rings is 1. The van der Waals surface area contributed by atoms with Crippen molar-refractivity contribution in [3.63, 3.8) is 0 Å². The summed E-state index contributed by atoms with van der Waals surface area (Å²) in [5.74, 6) is 3.98. The summed E-state index contributed by atoms with van der Waals surface area (Å²) in [4.78, 5) is 14.5. The van der Waals surface area contributed by atoms with Crippen LogP contribution >= 0.6 is 11.8 Å². The Hall–Kier alpha value is -2.08. The highest BCUT2D eigenvalue weighted by molar-refractivity contribution is 7.99. The quantitative estimate of drug-likeness (QED) is 0.803. The van der Waals surface area contributed by atoms with E-state index in [9.17, 15) is 4.79 Å². The fraction of sp³-hybridized carbons (Fsp3) is 0.421. The van der Waals surface area contributed by atoms with Gasteiger partial charge in [0.15, 0.2) is 11.5 Å². The van der Waals surface area contributed by atoms with E-state index >= 15 is 0 Å². The van der Waals surface area contributed by atoms with Gasteiger partial charge in [0.2, 0.25) is 5.91 Å². The Kier molecular flexibility index (Phi) is 5.27. The summed E-state index contributed by atoms with van der Waals surface area (Å²) >= 11 is 1.73. The third-order valence-corrected chi connectivity index (χ3v) is 5.69. The molecule has 1 fully saturated rings. The molecule has 1 amide bonds. The lowest BCUT2D eigenvalue weighted by Crippen LogP contribution is -2.36. The van der Waals surface area contributed by atoms with Crippen molar-refractivity contribution >= 4 is 17.7 Å². The number of hydrogen-bond acceptors (Lipinski definition) is 5. The minimum atomic E-state index is -0.121. The van der Waals surface area contributed by atoms with Crippen molar-refractivity contribution in [3.05, 3.63) is 46.9 Å². The Morgan fingerprint density at radius 3 is 2.72 bits per heavy atom. The first-order chi connectivity index (χ1) is 12.0. The summed E-state index contributed by atoms with van der Waals surface area (Å²) in [7, 11) is 3.23. The van der Waals surface area contributed by atoms with Crippen molar-refractivity contribution in [2.75, 3.05) is 20.0 Å². The van der Waals surface area contributed by atoms with Crippen LogP contribution in [0.4, 0.5) is 0 Å². The largest absolute Gasteiger partial charge is 0.493 e. The summed E-state index contributed by atoms with van der Waals surface area (Å²) in [6, 6.07) is 7.76. The number of thioether (sulfide) groups is 1. The Balaban J connectivity index is 1.94. The number of amides is 1. The third-order valence-electron chi connectivity index (χ3n) is 4.45. The van der Waals surface area contributed by atoms with E-state index in [1.165, 1.54) is 0 Å². The molecule has 25 heavy (non-hydrogen) atoms. The predicted molar refractivity (Wildman–Crippen MR) is 98.1 cm³/mol. The van der Waals surface area contributed by atoms with E-state index in [-0.39, 0.29) is 11.3 Å². The van der Waals surface area contributed by atoms with Crippen molar-refractivity contribution < 1.29 is 18.7 Å². The van der Waals surface area contributed by atoms with Crippen LogP contribution in [0.2, 0.25) is 0 Å². The number of benzene rings is 1. The molecule has 134 valence electrons. The topological polar surface area (TPSA) is 51.9 Å². The maximum absolute atomic E-state index is 12.6. The molecule has 2 aromatic rings. The van der Waals surface area contributed by atoms with Crippen LogP contribution in [0.5, 0.6) is 11.5 Å². The van der Waals surface area contributed by atoms with Crippen molar-refractivity contribution in [3.8, 4) is 11.5 Å². The summed E-state index contributed by atoms with van der Waals surface area (Å²) in [5, 5.41) is -0.121. The molecule has 3 rings (SSSR count). The molecule has 2 heterocycles. The van der Waals surface area contributed by atoms with Gasteiger partial charge in [0, 0.05) is 17.7 Å². The van der Waals surface area contributed by atoms with E-state index in [1.807, 2.05) is 43.0 Å². The second kappa shape index (κ2) is 7.44. The molecule has 0 saturated carbocycles. The van der Waals surface area contributed by atoms with Crippen molar-refractivity contribution in [2.24, 2.45) is 0 Å². The minimum Gasteiger partial charge on any atom is -0.493 e. The van der Waals surface area contributed by atoms with E-state index in [1.54, 1.807) is 26.0 Å². The molecule has 0 bridgehead atoms. The lowest BCUT2D eigenvalue weighted by Gasteiger charge is -2.34. The van der Waals surface area contributed by atoms with Gasteiger partial charge in [0.25, 0.3) is 0 Å². The average Bonchev–Trinajstić information content (AvgIpc) is 2.95. The van der Waals surface area contributed by atoms with Crippen LogP contribution in [0.25, 0.3) is 0 Å². The number of carbonyl (C=O) groups excluding carboxylic acids is 1. The number of ether oxygens (including phenoxy) is 2. The Morgan fingerprint density at radius 2 is 2.08 bits per heavy atom. The normalized spacial score (nSPS) is 17.7. The number of methoxy groups -OCH3 is 2. The van der Waals surface area contributed by atoms with Gasteiger partial charge in [-0.15, -0.1) is 11.8 Å². The van der Waals surface area contributed by atoms with E-state index in [0.717, 1.165) is 28.4 Å². The van der Waals surface area contributed by atoms with Gasteiger partial charge in [0.1, 0.15) is 16.9 Å². The van der Waals surface area contributed by atoms with E-state index in [4.69, 9.17) is 13.9 Å². The maximum Gasteiger partial charge on any atom is 0.224 e. The van der Waals surface area contributed by atoms with Crippen LogP contribution in [0, 0.1) is 13.8 Å². The van der Waals surface area contributed by atoms with Gasteiger partial charge < -0.3 is 18.8 Å². The Morgan fingerprint density at radius 1 is 1.28 bits per heavy atom. The second-order valence-electron chi connectivity index (χ2n) is 6.04. The third kappa shape index (κ3) is 3.49. The predicted octanol–water partition coefficient (Wildman–Crippen LogP) is 4.08. The fourth-order valence-electron chi connectivity index (χ4n) is 3.01. The molecule has 1 aliphatic rings. The first-order valence-corrected chi connectivity index (χ1v) is 9.28. The van der Waals surface area contributed by atoms with Gasteiger partial charge in [-0.1, -0.05) is 12.1 Å². The fourth-order valence-corrected chi connectivity index (χ4v) is 4.18. The van der Waals surface area contributed by atoms with Crippen LogP contribution < -0.4 is 9.47 Å². The van der Waals surface area contributed by atoms with Crippen molar-refractivity contribution in [1.29, 1.82) is 0 Å². The molecule has 1 unspecified atom stereocenters. The van der Waals surface area contributed by atoms with E-state index < -0.39 is 0 Å². The van der Waals surface area contributed by atoms with Crippen molar-refractivity contribution in [2.45, 2.75) is 32.2 Å². The minimum absolute atomic E-state index is 0.121. The summed E-state index contributed by atoms with van der Waals surface area (Å²) in [6.07, 6.45) is 0.534. The molecule has 5 nitrogen and oxygen atoms in total. The second-order valence-corrected chi connectivity index (χ2v) is 7.22. The smallest absolute Gasteiger partial charge is 0.224 e. The standard InChI is InChI=1S/C19H23NO4S/c1-12-10-16(24-13(12)2)19-20(17(21)8-9-25-19)11-14-6-5-7-15(22-3)18(14)23-4/h5-7,10,19H,8-9,11H2,1-4H3. The molecule has 0 N–H and O–H groups in total. The van der Waals surface area contributed by atoms with Crippen LogP contribution in [0.15, 0.2) is 28.7 Å². The highest BCUT2D eigenvalue weighted by Crippen LogP contribution is 2.41. The van der Waals surface area contributed by atoms with Crippen LogP contribution in [-0.2, 0) is 11.3 Å². The molecule has 0 radical (unpaired) electrons. The Labute approximate surface area is 152 Å². The van der Waals surface area contributed by atoms with Gasteiger partial charge in [-0.05, 0) is 31.5 Å². The molecule has 1 aromatic carbocycles. The first-order valence-electron chi connectivity index (χ1n) is 8.23. The number of hydrogen-bond donors (Lipinski definition) is 0. The van der Waals surface area contributed by atoms with Gasteiger partial charge >= 0.3 is 0 Å². The van der Waals surface area contributed by atoms with Crippen LogP contribution in [0.3, 0.4) is 0 Å². The Bertz CT molecular complexity index is 751. The first kappa shape index (κ1) is 17.7. The molecule has 6 heteroatoms. The molecule has 0 spiro atoms. The summed E-state index contributed by atoms with van der Waals surface area (Å²) in [6.45, 7) is 4.42. The number of nitrogens with zero attached hydrogens (tertiary/aromatic N) is 1. The molecular formula is C19H23NO4S. The zero-order valence-corrected chi connectivity index (χ0v) is 15.8. The van der Waals surface area contributed by atoms with Crippen LogP contribution in [0.1, 0.15) is 34.4 Å². The molecule has 1 saturated heterocycles. The van der Waals surface area contributed by atoms with Crippen LogP contribution in [-0.4, -0.2) is 30.8 Å². The average molecular weight is 361 g/mol. The zero-order chi connectivity index (χ0) is 18.0. The number of carbonyl (C=O) groups is 1. The highest BCUT2D eigenvalue weighted by atomic mass is 32.2. The molecule has 1 atom stereocenters. The SMILES string of the molecule is COc1cccc(CN2C(=O)CCSC2c2cc(C)c(C)o2)c1OC. The van der Waals surface area contributed by atoms with Gasteiger partial charge in [-0.25, -0.2) is 0 Å². The zero-order valence-electron chi connectivity index (χ0n) is 15.0. The highest BCUT2D eigenvalue weighted by Gasteiger charge is 2.33. The monoisotopic (exact) mass is 361 g/mol. The lowest BCUT2D eigenvalue weighted by atomic mass is 10.1. The van der Waals surface area contributed by atoms with Gasteiger partial charge in [-0.2, -0.15) is 0 Å². The van der Waals surface area contributed by atoms with Gasteiger partial charge in [-0.3, -0.25) is 4.79 Å².